The van der Waals surface area contributed by atoms with Crippen molar-refractivity contribution in [3.63, 3.8) is 0 Å². The van der Waals surface area contributed by atoms with Gasteiger partial charge in [0, 0.05) is 0 Å². The van der Waals surface area contributed by atoms with E-state index in [1.165, 1.54) is 0 Å². The topological polar surface area (TPSA) is 54.0 Å². The first-order chi connectivity index (χ1) is 15.8. The van der Waals surface area contributed by atoms with E-state index in [1.807, 2.05) is 91.0 Å². The lowest BCUT2D eigenvalue weighted by Gasteiger charge is -2.37. The fraction of sp³-hybridized carbons (Fsp3) is 0.296. The summed E-state index contributed by atoms with van der Waals surface area (Å²) in [7, 11) is 0. The Hall–Kier alpha value is -2.99. The van der Waals surface area contributed by atoms with Gasteiger partial charge in [0.25, 0.3) is 0 Å². The van der Waals surface area contributed by atoms with Crippen molar-refractivity contribution in [2.45, 2.75) is 44.6 Å². The van der Waals surface area contributed by atoms with Crippen molar-refractivity contribution in [1.29, 1.82) is 0 Å². The Balaban J connectivity index is 1.42. The van der Waals surface area contributed by atoms with Crippen molar-refractivity contribution in [3.05, 3.63) is 108 Å². The number of esters is 1. The Bertz CT molecular complexity index is 946. The number of carbonyl (C=O) groups excluding carboxylic acids is 1. The smallest absolute Gasteiger partial charge is 0.308 e. The minimum absolute atomic E-state index is 0.154. The molecule has 166 valence electrons. The first kappa shape index (κ1) is 22.2. The SMILES string of the molecule is O=C1C[C@H](OCc2ccccc2)[C@@H](OCc2ccccc2)[C@H](COCc2ccccc2)O1. The van der Waals surface area contributed by atoms with Crippen LogP contribution >= 0.6 is 0 Å². The third-order valence-electron chi connectivity index (χ3n) is 5.37. The number of cyclic esters (lactones) is 1. The van der Waals surface area contributed by atoms with Gasteiger partial charge < -0.3 is 18.9 Å². The van der Waals surface area contributed by atoms with Gasteiger partial charge in [0.05, 0.1) is 39.0 Å². The Morgan fingerprint density at radius 1 is 0.688 bits per heavy atom. The maximum atomic E-state index is 12.3. The summed E-state index contributed by atoms with van der Waals surface area (Å²) in [6.07, 6.45) is -1.22. The average Bonchev–Trinajstić information content (AvgIpc) is 2.84. The molecule has 1 aliphatic rings. The van der Waals surface area contributed by atoms with Crippen LogP contribution in [0.5, 0.6) is 0 Å². The van der Waals surface area contributed by atoms with Gasteiger partial charge >= 0.3 is 5.97 Å². The van der Waals surface area contributed by atoms with Gasteiger partial charge in [-0.3, -0.25) is 4.79 Å². The highest BCUT2D eigenvalue weighted by molar-refractivity contribution is 5.71. The molecule has 3 aromatic rings. The predicted octanol–water partition coefficient (Wildman–Crippen LogP) is 4.69. The molecule has 0 aliphatic carbocycles. The molecule has 32 heavy (non-hydrogen) atoms. The van der Waals surface area contributed by atoms with E-state index >= 15 is 0 Å². The van der Waals surface area contributed by atoms with Crippen LogP contribution in [0.25, 0.3) is 0 Å². The summed E-state index contributed by atoms with van der Waals surface area (Å²) in [5, 5.41) is 0. The summed E-state index contributed by atoms with van der Waals surface area (Å²) in [5.41, 5.74) is 3.16. The third-order valence-corrected chi connectivity index (χ3v) is 5.37. The monoisotopic (exact) mass is 432 g/mol. The summed E-state index contributed by atoms with van der Waals surface area (Å²) >= 11 is 0. The zero-order valence-electron chi connectivity index (χ0n) is 18.0. The van der Waals surface area contributed by atoms with Gasteiger partial charge in [-0.1, -0.05) is 91.0 Å². The van der Waals surface area contributed by atoms with E-state index in [0.29, 0.717) is 19.8 Å². The lowest BCUT2D eigenvalue weighted by atomic mass is 10.0. The molecule has 1 heterocycles. The minimum Gasteiger partial charge on any atom is -0.457 e. The second kappa shape index (κ2) is 11.6. The van der Waals surface area contributed by atoms with Crippen LogP contribution in [0.4, 0.5) is 0 Å². The van der Waals surface area contributed by atoms with Crippen LogP contribution in [0.3, 0.4) is 0 Å². The van der Waals surface area contributed by atoms with Crippen LogP contribution in [0.2, 0.25) is 0 Å². The zero-order valence-corrected chi connectivity index (χ0v) is 18.0. The first-order valence-corrected chi connectivity index (χ1v) is 10.9. The van der Waals surface area contributed by atoms with E-state index in [4.69, 9.17) is 18.9 Å². The van der Waals surface area contributed by atoms with Crippen LogP contribution < -0.4 is 0 Å². The van der Waals surface area contributed by atoms with E-state index in [0.717, 1.165) is 16.7 Å². The summed E-state index contributed by atoms with van der Waals surface area (Å²) in [6.45, 7) is 1.49. The minimum atomic E-state index is -0.538. The van der Waals surface area contributed by atoms with Crippen LogP contribution in [0.1, 0.15) is 23.1 Å². The molecule has 0 unspecified atom stereocenters. The molecule has 0 aromatic heterocycles. The van der Waals surface area contributed by atoms with E-state index in [9.17, 15) is 4.79 Å². The molecule has 4 rings (SSSR count). The van der Waals surface area contributed by atoms with Crippen molar-refractivity contribution in [2.75, 3.05) is 6.61 Å². The second-order valence-corrected chi connectivity index (χ2v) is 7.83. The van der Waals surface area contributed by atoms with Crippen LogP contribution in [-0.4, -0.2) is 30.9 Å². The number of hydrogen-bond donors (Lipinski definition) is 0. The van der Waals surface area contributed by atoms with Gasteiger partial charge in [-0.15, -0.1) is 0 Å². The largest absolute Gasteiger partial charge is 0.457 e. The second-order valence-electron chi connectivity index (χ2n) is 7.83. The summed E-state index contributed by atoms with van der Waals surface area (Å²) in [6, 6.07) is 29.8. The standard InChI is InChI=1S/C27H28O5/c28-26-16-24(30-18-22-12-6-2-7-13-22)27(31-19-23-14-8-3-9-15-23)25(32-26)20-29-17-21-10-4-1-5-11-21/h1-15,24-25,27H,16-20H2/t24-,25-,27+/m0/s1. The van der Waals surface area contributed by atoms with E-state index < -0.39 is 18.3 Å². The Labute approximate surface area is 188 Å². The highest BCUT2D eigenvalue weighted by Crippen LogP contribution is 2.25. The van der Waals surface area contributed by atoms with Crippen molar-refractivity contribution < 1.29 is 23.7 Å². The summed E-state index contributed by atoms with van der Waals surface area (Å²) < 4.78 is 23.9. The zero-order chi connectivity index (χ0) is 22.0. The van der Waals surface area contributed by atoms with Crippen molar-refractivity contribution >= 4 is 5.97 Å². The van der Waals surface area contributed by atoms with Gasteiger partial charge in [0.15, 0.2) is 6.10 Å². The molecule has 0 N–H and O–H groups in total. The molecule has 1 fully saturated rings. The van der Waals surface area contributed by atoms with Crippen molar-refractivity contribution in [1.82, 2.24) is 0 Å². The molecule has 3 atom stereocenters. The molecule has 1 saturated heterocycles. The Morgan fingerprint density at radius 3 is 1.75 bits per heavy atom. The number of benzene rings is 3. The predicted molar refractivity (Wildman–Crippen MR) is 121 cm³/mol. The molecule has 5 nitrogen and oxygen atoms in total. The van der Waals surface area contributed by atoms with Gasteiger partial charge in [0.2, 0.25) is 0 Å². The number of ether oxygens (including phenoxy) is 4. The first-order valence-electron chi connectivity index (χ1n) is 10.9. The Kier molecular flexibility index (Phi) is 8.04. The number of rotatable bonds is 10. The quantitative estimate of drug-likeness (QED) is 0.435. The highest BCUT2D eigenvalue weighted by Gasteiger charge is 2.40. The number of hydrogen-bond acceptors (Lipinski definition) is 5. The molecule has 0 amide bonds. The fourth-order valence-electron chi connectivity index (χ4n) is 3.71. The third kappa shape index (κ3) is 6.50. The lowest BCUT2D eigenvalue weighted by Crippen LogP contribution is -2.51. The van der Waals surface area contributed by atoms with Crippen LogP contribution in [-0.2, 0) is 43.6 Å². The fourth-order valence-corrected chi connectivity index (χ4v) is 3.71. The van der Waals surface area contributed by atoms with Gasteiger partial charge in [0.1, 0.15) is 6.10 Å². The highest BCUT2D eigenvalue weighted by atomic mass is 16.6. The molecule has 5 heteroatoms. The van der Waals surface area contributed by atoms with Crippen LogP contribution in [0, 0.1) is 0 Å². The van der Waals surface area contributed by atoms with E-state index in [2.05, 4.69) is 0 Å². The molecule has 0 bridgehead atoms. The molecular weight excluding hydrogens is 404 g/mol. The normalized spacial score (nSPS) is 20.6. The summed E-state index contributed by atoms with van der Waals surface area (Å²) in [4.78, 5) is 12.3. The average molecular weight is 433 g/mol. The van der Waals surface area contributed by atoms with E-state index in [1.54, 1.807) is 0 Å². The molecular formula is C27H28O5. The summed E-state index contributed by atoms with van der Waals surface area (Å²) in [5.74, 6) is -0.295. The van der Waals surface area contributed by atoms with Crippen LogP contribution in [0.15, 0.2) is 91.0 Å². The molecule has 0 spiro atoms. The molecule has 1 aliphatic heterocycles. The molecule has 3 aromatic carbocycles. The maximum absolute atomic E-state index is 12.3. The lowest BCUT2D eigenvalue weighted by molar-refractivity contribution is -0.205. The van der Waals surface area contributed by atoms with Crippen molar-refractivity contribution in [2.24, 2.45) is 0 Å². The molecule has 0 radical (unpaired) electrons. The number of carbonyl (C=O) groups is 1. The molecule has 0 saturated carbocycles. The Morgan fingerprint density at radius 2 is 1.19 bits per heavy atom. The van der Waals surface area contributed by atoms with E-state index in [-0.39, 0.29) is 19.0 Å². The maximum Gasteiger partial charge on any atom is 0.308 e. The van der Waals surface area contributed by atoms with Gasteiger partial charge in [-0.2, -0.15) is 0 Å². The van der Waals surface area contributed by atoms with Gasteiger partial charge in [-0.25, -0.2) is 0 Å². The van der Waals surface area contributed by atoms with Gasteiger partial charge in [-0.05, 0) is 16.7 Å². The van der Waals surface area contributed by atoms with Crippen molar-refractivity contribution in [3.8, 4) is 0 Å².